The number of benzene rings is 1. The maximum absolute atomic E-state index is 13.6. The number of amides is 4. The van der Waals surface area contributed by atoms with Gasteiger partial charge in [-0.2, -0.15) is 10.2 Å². The molecule has 63 heavy (non-hydrogen) atoms. The molecule has 0 atom stereocenters. The van der Waals surface area contributed by atoms with Crippen LogP contribution in [0.1, 0.15) is 75.7 Å². The van der Waals surface area contributed by atoms with E-state index >= 15 is 0 Å². The molecule has 1 fully saturated rings. The predicted molar refractivity (Wildman–Crippen MR) is 233 cm³/mol. The van der Waals surface area contributed by atoms with Crippen LogP contribution in [0.3, 0.4) is 0 Å². The summed E-state index contributed by atoms with van der Waals surface area (Å²) in [5.41, 5.74) is 16.5. The number of nitrogens with one attached hydrogen (secondary N) is 1. The molecule has 326 valence electrons. The number of carbonyl (C=O) groups is 4. The summed E-state index contributed by atoms with van der Waals surface area (Å²) in [6, 6.07) is 8.53. The Balaban J connectivity index is 1.17. The molecule has 1 aliphatic rings. The summed E-state index contributed by atoms with van der Waals surface area (Å²) >= 11 is 0. The van der Waals surface area contributed by atoms with Gasteiger partial charge in [0, 0.05) is 68.0 Å². The van der Waals surface area contributed by atoms with Gasteiger partial charge in [0.2, 0.25) is 17.8 Å². The van der Waals surface area contributed by atoms with Crippen LogP contribution in [0.25, 0.3) is 44.6 Å². The number of carbonyl (C=O) groups excluding carboxylic acids is 3. The molecule has 8 rings (SSSR count). The molecule has 0 saturated carbocycles. The van der Waals surface area contributed by atoms with Crippen molar-refractivity contribution >= 4 is 62.9 Å². The molecule has 0 aliphatic carbocycles. The zero-order chi connectivity index (χ0) is 44.5. The SMILES string of the molecule is CCn1nc(C)cc1C(=O)Nc1nc2cc(C(N)=O)cnc2n1CC=CCn1c2nc(-c3cc(C)nn3CC)ncc2c2cc(C(N)=O)cc(OCCC3CCN(C(=O)O)CC3)c21. The van der Waals surface area contributed by atoms with Crippen molar-refractivity contribution in [2.75, 3.05) is 25.0 Å². The van der Waals surface area contributed by atoms with Crippen LogP contribution in [0.15, 0.2) is 54.9 Å². The number of allylic oxidation sites excluding steroid dienone is 2. The monoisotopic (exact) mass is 856 g/mol. The fourth-order valence-electron chi connectivity index (χ4n) is 8.14. The zero-order valence-electron chi connectivity index (χ0n) is 35.4. The summed E-state index contributed by atoms with van der Waals surface area (Å²) in [5.74, 6) is -0.315. The first-order valence-corrected chi connectivity index (χ1v) is 20.8. The fraction of sp³-hybridized carbons (Fsp3) is 0.349. The summed E-state index contributed by atoms with van der Waals surface area (Å²) in [5, 5.41) is 22.7. The van der Waals surface area contributed by atoms with E-state index in [1.54, 1.807) is 33.6 Å². The van der Waals surface area contributed by atoms with Gasteiger partial charge in [0.25, 0.3) is 5.91 Å². The smallest absolute Gasteiger partial charge is 0.407 e. The van der Waals surface area contributed by atoms with E-state index in [1.165, 1.54) is 17.2 Å². The molecule has 0 spiro atoms. The number of fused-ring (bicyclic) bond motifs is 4. The number of carboxylic acid groups (broad SMARTS) is 1. The predicted octanol–water partition coefficient (Wildman–Crippen LogP) is 4.91. The van der Waals surface area contributed by atoms with E-state index in [1.807, 2.05) is 55.2 Å². The number of nitrogens with zero attached hydrogens (tertiary/aromatic N) is 11. The summed E-state index contributed by atoms with van der Waals surface area (Å²) in [6.45, 7) is 10.5. The van der Waals surface area contributed by atoms with Gasteiger partial charge in [0.05, 0.1) is 29.1 Å². The Hall–Kier alpha value is -7.64. The highest BCUT2D eigenvalue weighted by Gasteiger charge is 2.25. The van der Waals surface area contributed by atoms with Gasteiger partial charge in [-0.3, -0.25) is 33.6 Å². The zero-order valence-corrected chi connectivity index (χ0v) is 35.4. The number of aryl methyl sites for hydroxylation is 4. The second-order valence-electron chi connectivity index (χ2n) is 15.5. The molecule has 7 aromatic rings. The average molecular weight is 857 g/mol. The van der Waals surface area contributed by atoms with E-state index in [9.17, 15) is 24.3 Å². The molecule has 0 radical (unpaired) electrons. The maximum atomic E-state index is 13.6. The highest BCUT2D eigenvalue weighted by atomic mass is 16.5. The van der Waals surface area contributed by atoms with Gasteiger partial charge in [0.1, 0.15) is 28.3 Å². The Bertz CT molecular complexity index is 2950. The first kappa shape index (κ1) is 42.1. The number of anilines is 1. The fourth-order valence-corrected chi connectivity index (χ4v) is 8.14. The summed E-state index contributed by atoms with van der Waals surface area (Å²) in [7, 11) is 0. The molecule has 1 aliphatic heterocycles. The minimum absolute atomic E-state index is 0.172. The molecule has 7 heterocycles. The minimum atomic E-state index is -0.912. The molecule has 20 heteroatoms. The van der Waals surface area contributed by atoms with Gasteiger partial charge < -0.3 is 30.8 Å². The summed E-state index contributed by atoms with van der Waals surface area (Å²) < 4.78 is 13.7. The van der Waals surface area contributed by atoms with Crippen LogP contribution < -0.4 is 21.5 Å². The number of likely N-dealkylation sites (tertiary alicyclic amines) is 1. The van der Waals surface area contributed by atoms with Gasteiger partial charge in [-0.25, -0.2) is 24.7 Å². The Morgan fingerprint density at radius 1 is 0.825 bits per heavy atom. The first-order chi connectivity index (χ1) is 30.3. The van der Waals surface area contributed by atoms with Crippen LogP contribution in [0.5, 0.6) is 5.75 Å². The number of nitrogens with two attached hydrogens (primary N) is 2. The molecule has 6 N–H and O–H groups in total. The number of aromatic nitrogens is 10. The van der Waals surface area contributed by atoms with Gasteiger partial charge >= 0.3 is 6.09 Å². The number of imidazole rings is 1. The largest absolute Gasteiger partial charge is 0.491 e. The number of rotatable bonds is 15. The Kier molecular flexibility index (Phi) is 11.6. The van der Waals surface area contributed by atoms with Gasteiger partial charge in [0.15, 0.2) is 11.5 Å². The molecule has 1 saturated heterocycles. The molecule has 0 bridgehead atoms. The molecule has 20 nitrogen and oxygen atoms in total. The first-order valence-electron chi connectivity index (χ1n) is 20.8. The average Bonchev–Trinajstić information content (AvgIpc) is 4.03. The van der Waals surface area contributed by atoms with Crippen LogP contribution in [0.4, 0.5) is 10.7 Å². The van der Waals surface area contributed by atoms with Crippen molar-refractivity contribution in [3.63, 3.8) is 0 Å². The minimum Gasteiger partial charge on any atom is -0.491 e. The Morgan fingerprint density at radius 3 is 2.22 bits per heavy atom. The third-order valence-corrected chi connectivity index (χ3v) is 11.3. The number of hydrogen-bond donors (Lipinski definition) is 4. The Morgan fingerprint density at radius 2 is 1.52 bits per heavy atom. The van der Waals surface area contributed by atoms with Crippen molar-refractivity contribution in [1.29, 1.82) is 0 Å². The van der Waals surface area contributed by atoms with Crippen molar-refractivity contribution < 1.29 is 29.0 Å². The third kappa shape index (κ3) is 8.38. The van der Waals surface area contributed by atoms with Crippen molar-refractivity contribution in [3.8, 4) is 17.3 Å². The number of hydrogen-bond acceptors (Lipinski definition) is 11. The molecule has 4 amide bonds. The van der Waals surface area contributed by atoms with E-state index < -0.39 is 23.8 Å². The highest BCUT2D eigenvalue weighted by molar-refractivity contribution is 6.12. The normalized spacial score (nSPS) is 13.5. The van der Waals surface area contributed by atoms with Gasteiger partial charge in [-0.1, -0.05) is 12.2 Å². The third-order valence-electron chi connectivity index (χ3n) is 11.3. The van der Waals surface area contributed by atoms with Crippen LogP contribution in [-0.2, 0) is 26.2 Å². The van der Waals surface area contributed by atoms with Crippen molar-refractivity contribution in [2.24, 2.45) is 17.4 Å². The highest BCUT2D eigenvalue weighted by Crippen LogP contribution is 2.37. The van der Waals surface area contributed by atoms with Crippen LogP contribution in [0.2, 0.25) is 0 Å². The molecule has 1 aromatic carbocycles. The van der Waals surface area contributed by atoms with Gasteiger partial charge in [-0.15, -0.1) is 0 Å². The topological polar surface area (TPSA) is 262 Å². The lowest BCUT2D eigenvalue weighted by atomic mass is 9.94. The van der Waals surface area contributed by atoms with Crippen molar-refractivity contribution in [1.82, 2.24) is 53.5 Å². The lowest BCUT2D eigenvalue weighted by molar-refractivity contribution is 0.0991. The van der Waals surface area contributed by atoms with E-state index in [4.69, 9.17) is 26.2 Å². The lowest BCUT2D eigenvalue weighted by Gasteiger charge is -2.29. The molecule has 0 unspecified atom stereocenters. The summed E-state index contributed by atoms with van der Waals surface area (Å²) in [4.78, 5) is 70.3. The van der Waals surface area contributed by atoms with Crippen LogP contribution in [0, 0.1) is 19.8 Å². The number of primary amides is 2. The molecule has 6 aromatic heterocycles. The van der Waals surface area contributed by atoms with Crippen LogP contribution in [-0.4, -0.2) is 102 Å². The second-order valence-corrected chi connectivity index (χ2v) is 15.5. The number of piperidine rings is 1. The Labute approximate surface area is 360 Å². The quantitative estimate of drug-likeness (QED) is 0.100. The van der Waals surface area contributed by atoms with Crippen LogP contribution >= 0.6 is 0 Å². The van der Waals surface area contributed by atoms with E-state index in [0.29, 0.717) is 95.3 Å². The standard InChI is InChI=1S/C43H48N14O6/c1-5-56-32(17-24(3)51-56)38-46-23-30-29-19-27(36(44)58)21-34(63-16-11-26-9-14-53(15-10-26)43(61)62)35(29)54(39(30)49-38)12-7-8-13-55-40-31(20-28(22-47-40)37(45)59)48-42(55)50-41(60)33-18-25(4)52-57(33)6-2/h7-8,17-23,26H,5-6,9-16H2,1-4H3,(H2,44,58)(H2,45,59)(H,61,62)(H,48,50,60). The van der Waals surface area contributed by atoms with Gasteiger partial charge in [-0.05, 0) is 83.2 Å². The molecular formula is C43H48N14O6. The lowest BCUT2D eigenvalue weighted by Crippen LogP contribution is -2.37. The maximum Gasteiger partial charge on any atom is 0.407 e. The number of pyridine rings is 1. The number of ether oxygens (including phenoxy) is 1. The second kappa shape index (κ2) is 17.4. The van der Waals surface area contributed by atoms with E-state index in [0.717, 1.165) is 24.2 Å². The van der Waals surface area contributed by atoms with E-state index in [-0.39, 0.29) is 36.1 Å². The summed E-state index contributed by atoms with van der Waals surface area (Å²) in [6.07, 6.45) is 8.18. The van der Waals surface area contributed by atoms with Crippen molar-refractivity contribution in [3.05, 3.63) is 83.1 Å². The van der Waals surface area contributed by atoms with Crippen molar-refractivity contribution in [2.45, 2.75) is 73.1 Å². The van der Waals surface area contributed by atoms with E-state index in [2.05, 4.69) is 25.5 Å². The molecular weight excluding hydrogens is 809 g/mol.